The summed E-state index contributed by atoms with van der Waals surface area (Å²) in [5.74, 6) is -2.36. The average molecular weight is 402 g/mol. The highest BCUT2D eigenvalue weighted by Gasteiger charge is 2.39. The lowest BCUT2D eigenvalue weighted by Gasteiger charge is -2.27. The molecule has 9 nitrogen and oxygen atoms in total. The van der Waals surface area contributed by atoms with E-state index in [1.165, 1.54) is 31.5 Å². The van der Waals surface area contributed by atoms with Crippen molar-refractivity contribution in [3.8, 4) is 0 Å². The quantitative estimate of drug-likeness (QED) is 0.438. The number of benzene rings is 1. The molecule has 1 fully saturated rings. The molecule has 0 aromatic heterocycles. The molecule has 3 rings (SSSR count). The molecule has 0 bridgehead atoms. The fourth-order valence-electron chi connectivity index (χ4n) is 3.53. The lowest BCUT2D eigenvalue weighted by Crippen LogP contribution is -2.30. The van der Waals surface area contributed by atoms with Crippen LogP contribution in [-0.4, -0.2) is 43.3 Å². The van der Waals surface area contributed by atoms with Gasteiger partial charge in [-0.2, -0.15) is 0 Å². The van der Waals surface area contributed by atoms with Gasteiger partial charge in [-0.05, 0) is 19.8 Å². The fraction of sp³-hybridized carbons (Fsp3) is 0.400. The molecule has 154 valence electrons. The summed E-state index contributed by atoms with van der Waals surface area (Å²) in [5, 5.41) is 14.4. The molecule has 2 atom stereocenters. The van der Waals surface area contributed by atoms with Crippen LogP contribution in [0.3, 0.4) is 0 Å². The maximum atomic E-state index is 12.9. The molecule has 1 aromatic carbocycles. The number of esters is 2. The first-order valence-corrected chi connectivity index (χ1v) is 9.21. The number of carbonyl (C=O) groups excluding carboxylic acids is 2. The van der Waals surface area contributed by atoms with Crippen molar-refractivity contribution in [1.82, 2.24) is 5.32 Å². The number of nitro groups is 1. The Bertz CT molecular complexity index is 885. The number of dihydropyridines is 1. The molecular formula is C20H22N2O7. The second-order valence-corrected chi connectivity index (χ2v) is 6.76. The van der Waals surface area contributed by atoms with Crippen LogP contribution in [0.5, 0.6) is 0 Å². The smallest absolute Gasteiger partial charge is 0.336 e. The minimum absolute atomic E-state index is 0.0794. The number of hydrogen-bond donors (Lipinski definition) is 1. The van der Waals surface area contributed by atoms with E-state index in [0.717, 1.165) is 12.8 Å². The van der Waals surface area contributed by atoms with Gasteiger partial charge < -0.3 is 19.5 Å². The van der Waals surface area contributed by atoms with E-state index in [-0.39, 0.29) is 35.1 Å². The van der Waals surface area contributed by atoms with Crippen molar-refractivity contribution in [3.05, 3.63) is 63.0 Å². The topological polar surface area (TPSA) is 117 Å². The molecule has 1 aromatic rings. The lowest BCUT2D eigenvalue weighted by molar-refractivity contribution is -0.385. The monoisotopic (exact) mass is 402 g/mol. The zero-order chi connectivity index (χ0) is 21.0. The lowest BCUT2D eigenvalue weighted by atomic mass is 9.81. The van der Waals surface area contributed by atoms with Crippen LogP contribution in [-0.2, 0) is 23.8 Å². The predicted octanol–water partition coefficient (Wildman–Crippen LogP) is 2.33. The van der Waals surface area contributed by atoms with Crippen molar-refractivity contribution in [2.45, 2.75) is 31.8 Å². The van der Waals surface area contributed by atoms with Crippen molar-refractivity contribution in [2.75, 3.05) is 20.3 Å². The summed E-state index contributed by atoms with van der Waals surface area (Å²) in [6.07, 6.45) is 2.95. The highest BCUT2D eigenvalue weighted by atomic mass is 16.6. The molecule has 0 amide bonds. The van der Waals surface area contributed by atoms with E-state index in [1.54, 1.807) is 13.0 Å². The SMILES string of the molecule is COC(=O)C1=C(C)NC=C(C(=O)OC[C@H]2CCCO2)[C@@H]1c1ccccc1[N+](=O)[O-]. The van der Waals surface area contributed by atoms with E-state index >= 15 is 0 Å². The number of nitrogens with zero attached hydrogens (tertiary/aromatic N) is 1. The van der Waals surface area contributed by atoms with Crippen LogP contribution in [0.4, 0.5) is 5.69 Å². The van der Waals surface area contributed by atoms with Crippen LogP contribution < -0.4 is 5.32 Å². The Morgan fingerprint density at radius 1 is 1.31 bits per heavy atom. The van der Waals surface area contributed by atoms with Gasteiger partial charge in [0.15, 0.2) is 0 Å². The maximum absolute atomic E-state index is 12.9. The van der Waals surface area contributed by atoms with Gasteiger partial charge in [-0.25, -0.2) is 9.59 Å². The number of carbonyl (C=O) groups is 2. The van der Waals surface area contributed by atoms with E-state index in [2.05, 4.69) is 5.32 Å². The summed E-state index contributed by atoms with van der Waals surface area (Å²) in [7, 11) is 1.22. The second kappa shape index (κ2) is 8.87. The standard InChI is InChI=1S/C20H22N2O7/c1-12-17(20(24)27-2)18(14-7-3-4-8-16(14)22(25)26)15(10-21-12)19(23)29-11-13-6-5-9-28-13/h3-4,7-8,10,13,18,21H,5-6,9,11H2,1-2H3/t13-,18+/m1/s1. The first-order chi connectivity index (χ1) is 13.9. The maximum Gasteiger partial charge on any atom is 0.336 e. The van der Waals surface area contributed by atoms with Crippen LogP contribution >= 0.6 is 0 Å². The van der Waals surface area contributed by atoms with E-state index in [4.69, 9.17) is 14.2 Å². The van der Waals surface area contributed by atoms with Crippen molar-refractivity contribution in [1.29, 1.82) is 0 Å². The summed E-state index contributed by atoms with van der Waals surface area (Å²) >= 11 is 0. The third-order valence-corrected chi connectivity index (χ3v) is 4.96. The number of methoxy groups -OCH3 is 1. The van der Waals surface area contributed by atoms with Gasteiger partial charge in [0.2, 0.25) is 0 Å². The van der Waals surface area contributed by atoms with Gasteiger partial charge in [-0.3, -0.25) is 10.1 Å². The van der Waals surface area contributed by atoms with E-state index < -0.39 is 22.8 Å². The van der Waals surface area contributed by atoms with Gasteiger partial charge in [0.05, 0.1) is 35.2 Å². The Hall–Kier alpha value is -3.20. The molecule has 0 spiro atoms. The van der Waals surface area contributed by atoms with E-state index in [1.807, 2.05) is 0 Å². The largest absolute Gasteiger partial charge is 0.466 e. The Morgan fingerprint density at radius 2 is 2.07 bits per heavy atom. The number of nitrogens with one attached hydrogen (secondary N) is 1. The molecule has 0 saturated carbocycles. The number of rotatable bonds is 6. The number of ether oxygens (including phenoxy) is 3. The van der Waals surface area contributed by atoms with E-state index in [0.29, 0.717) is 12.3 Å². The normalized spacial score (nSPS) is 21.2. The summed E-state index contributed by atoms with van der Waals surface area (Å²) in [6, 6.07) is 5.99. The van der Waals surface area contributed by atoms with Gasteiger partial charge in [0.25, 0.3) is 5.69 Å². The van der Waals surface area contributed by atoms with Gasteiger partial charge in [0, 0.05) is 30.1 Å². The molecule has 9 heteroatoms. The third-order valence-electron chi connectivity index (χ3n) is 4.96. The molecule has 2 heterocycles. The molecule has 2 aliphatic rings. The summed E-state index contributed by atoms with van der Waals surface area (Å²) < 4.78 is 15.7. The first kappa shape index (κ1) is 20.5. The Kier molecular flexibility index (Phi) is 6.28. The molecule has 1 saturated heterocycles. The van der Waals surface area contributed by atoms with Crippen molar-refractivity contribution in [3.63, 3.8) is 0 Å². The molecule has 1 N–H and O–H groups in total. The number of nitro benzene ring substituents is 1. The molecular weight excluding hydrogens is 380 g/mol. The zero-order valence-electron chi connectivity index (χ0n) is 16.2. The number of hydrogen-bond acceptors (Lipinski definition) is 8. The van der Waals surface area contributed by atoms with Crippen LogP contribution in [0.25, 0.3) is 0 Å². The minimum atomic E-state index is -0.998. The molecule has 0 radical (unpaired) electrons. The van der Waals surface area contributed by atoms with Crippen molar-refractivity contribution in [2.24, 2.45) is 0 Å². The summed E-state index contributed by atoms with van der Waals surface area (Å²) in [6.45, 7) is 2.34. The first-order valence-electron chi connectivity index (χ1n) is 9.21. The minimum Gasteiger partial charge on any atom is -0.466 e. The number of allylic oxidation sites excluding steroid dienone is 1. The van der Waals surface area contributed by atoms with Crippen molar-refractivity contribution >= 4 is 17.6 Å². The van der Waals surface area contributed by atoms with Gasteiger partial charge in [0.1, 0.15) is 6.61 Å². The fourth-order valence-corrected chi connectivity index (χ4v) is 3.53. The highest BCUT2D eigenvalue weighted by molar-refractivity contribution is 5.99. The second-order valence-electron chi connectivity index (χ2n) is 6.76. The van der Waals surface area contributed by atoms with Gasteiger partial charge >= 0.3 is 11.9 Å². The zero-order valence-corrected chi connectivity index (χ0v) is 16.2. The average Bonchev–Trinajstić information content (AvgIpc) is 3.24. The van der Waals surface area contributed by atoms with Gasteiger partial charge in [-0.1, -0.05) is 18.2 Å². The van der Waals surface area contributed by atoms with E-state index in [9.17, 15) is 19.7 Å². The third kappa shape index (κ3) is 4.29. The van der Waals surface area contributed by atoms with Crippen LogP contribution in [0.1, 0.15) is 31.2 Å². The summed E-state index contributed by atoms with van der Waals surface area (Å²) in [4.78, 5) is 36.4. The molecule has 0 aliphatic carbocycles. The molecule has 0 unspecified atom stereocenters. The van der Waals surface area contributed by atoms with Gasteiger partial charge in [-0.15, -0.1) is 0 Å². The predicted molar refractivity (Wildman–Crippen MR) is 102 cm³/mol. The Balaban J connectivity index is 1.99. The van der Waals surface area contributed by atoms with Crippen LogP contribution in [0.15, 0.2) is 47.3 Å². The number of para-hydroxylation sites is 1. The Labute approximate surface area is 167 Å². The Morgan fingerprint density at radius 3 is 2.72 bits per heavy atom. The van der Waals surface area contributed by atoms with Crippen LogP contribution in [0.2, 0.25) is 0 Å². The van der Waals surface area contributed by atoms with Crippen molar-refractivity contribution < 1.29 is 28.7 Å². The molecule has 2 aliphatic heterocycles. The summed E-state index contributed by atoms with van der Waals surface area (Å²) in [5.41, 5.74) is 0.651. The highest BCUT2D eigenvalue weighted by Crippen LogP contribution is 2.40. The van der Waals surface area contributed by atoms with Crippen LogP contribution in [0, 0.1) is 10.1 Å². The molecule has 29 heavy (non-hydrogen) atoms.